The molecular formula is C10H16N4O2. The maximum Gasteiger partial charge on any atom is 0.327 e. The summed E-state index contributed by atoms with van der Waals surface area (Å²) in [6.07, 6.45) is 7.20. The van der Waals surface area contributed by atoms with Crippen LogP contribution in [0.1, 0.15) is 37.9 Å². The minimum atomic E-state index is -0.945. The third kappa shape index (κ3) is 3.01. The third-order valence-electron chi connectivity index (χ3n) is 3.02. The molecule has 0 aromatic carbocycles. The van der Waals surface area contributed by atoms with Crippen LogP contribution >= 0.6 is 0 Å². The summed E-state index contributed by atoms with van der Waals surface area (Å²) in [7, 11) is 0. The molecule has 1 aliphatic rings. The highest BCUT2D eigenvalue weighted by molar-refractivity contribution is 5.66. The molecule has 0 unspecified atom stereocenters. The van der Waals surface area contributed by atoms with Crippen LogP contribution in [-0.4, -0.2) is 31.3 Å². The molecule has 0 amide bonds. The van der Waals surface area contributed by atoms with Crippen molar-refractivity contribution in [3.05, 3.63) is 5.82 Å². The number of rotatable bonds is 5. The molecule has 0 saturated heterocycles. The summed E-state index contributed by atoms with van der Waals surface area (Å²) in [5.74, 6) is 0.513. The van der Waals surface area contributed by atoms with Crippen LogP contribution in [0.5, 0.6) is 0 Å². The van der Waals surface area contributed by atoms with E-state index >= 15 is 0 Å². The number of aryl methyl sites for hydroxylation is 1. The lowest BCUT2D eigenvalue weighted by Crippen LogP contribution is -2.11. The number of tetrazole rings is 1. The SMILES string of the molecule is O=C(O)Cn1nnc(CCC2CCCC2)n1. The highest BCUT2D eigenvalue weighted by atomic mass is 16.4. The Kier molecular flexibility index (Phi) is 3.48. The lowest BCUT2D eigenvalue weighted by atomic mass is 10.0. The smallest absolute Gasteiger partial charge is 0.327 e. The van der Waals surface area contributed by atoms with Gasteiger partial charge < -0.3 is 5.11 Å². The van der Waals surface area contributed by atoms with Gasteiger partial charge in [0.2, 0.25) is 0 Å². The third-order valence-corrected chi connectivity index (χ3v) is 3.02. The van der Waals surface area contributed by atoms with Gasteiger partial charge in [-0.05, 0) is 17.6 Å². The van der Waals surface area contributed by atoms with Crippen molar-refractivity contribution >= 4 is 5.97 Å². The summed E-state index contributed by atoms with van der Waals surface area (Å²) >= 11 is 0. The highest BCUT2D eigenvalue weighted by Gasteiger charge is 2.16. The van der Waals surface area contributed by atoms with Gasteiger partial charge in [0.15, 0.2) is 12.4 Å². The molecule has 1 heterocycles. The van der Waals surface area contributed by atoms with Gasteiger partial charge in [-0.1, -0.05) is 25.7 Å². The van der Waals surface area contributed by atoms with E-state index in [0.717, 1.165) is 23.6 Å². The first-order chi connectivity index (χ1) is 7.74. The number of hydrogen-bond donors (Lipinski definition) is 1. The van der Waals surface area contributed by atoms with Crippen LogP contribution in [0.25, 0.3) is 0 Å². The molecule has 1 N–H and O–H groups in total. The van der Waals surface area contributed by atoms with Crippen molar-refractivity contribution in [2.24, 2.45) is 5.92 Å². The van der Waals surface area contributed by atoms with Gasteiger partial charge in [0.05, 0.1) is 0 Å². The minimum Gasteiger partial charge on any atom is -0.480 e. The Bertz CT molecular complexity index is 357. The molecule has 1 saturated carbocycles. The molecule has 1 fully saturated rings. The molecule has 2 rings (SSSR count). The molecule has 1 aliphatic carbocycles. The minimum absolute atomic E-state index is 0.212. The molecule has 0 atom stereocenters. The van der Waals surface area contributed by atoms with Gasteiger partial charge in [0.1, 0.15) is 0 Å². The van der Waals surface area contributed by atoms with E-state index in [9.17, 15) is 4.79 Å². The zero-order valence-electron chi connectivity index (χ0n) is 9.17. The second-order valence-electron chi connectivity index (χ2n) is 4.32. The average Bonchev–Trinajstić information content (AvgIpc) is 2.84. The molecule has 88 valence electrons. The zero-order chi connectivity index (χ0) is 11.4. The molecule has 1 aromatic rings. The predicted molar refractivity (Wildman–Crippen MR) is 55.7 cm³/mol. The first kappa shape index (κ1) is 11.0. The van der Waals surface area contributed by atoms with Crippen molar-refractivity contribution in [1.29, 1.82) is 0 Å². The van der Waals surface area contributed by atoms with E-state index < -0.39 is 5.97 Å². The van der Waals surface area contributed by atoms with Crippen molar-refractivity contribution in [3.63, 3.8) is 0 Å². The first-order valence-corrected chi connectivity index (χ1v) is 5.72. The van der Waals surface area contributed by atoms with E-state index in [4.69, 9.17) is 5.11 Å². The largest absolute Gasteiger partial charge is 0.480 e. The number of carboxylic acids is 1. The van der Waals surface area contributed by atoms with E-state index in [1.165, 1.54) is 25.7 Å². The summed E-state index contributed by atoms with van der Waals surface area (Å²) in [5.41, 5.74) is 0. The quantitative estimate of drug-likeness (QED) is 0.803. The molecule has 1 aromatic heterocycles. The number of carboxylic acid groups (broad SMARTS) is 1. The van der Waals surface area contributed by atoms with E-state index in [2.05, 4.69) is 15.4 Å². The Balaban J connectivity index is 1.80. The van der Waals surface area contributed by atoms with Gasteiger partial charge in [-0.15, -0.1) is 10.2 Å². The van der Waals surface area contributed by atoms with Crippen molar-refractivity contribution in [2.75, 3.05) is 0 Å². The van der Waals surface area contributed by atoms with Gasteiger partial charge in [-0.3, -0.25) is 4.79 Å². The van der Waals surface area contributed by atoms with Gasteiger partial charge in [-0.2, -0.15) is 4.80 Å². The Morgan fingerprint density at radius 1 is 1.44 bits per heavy atom. The molecule has 16 heavy (non-hydrogen) atoms. The van der Waals surface area contributed by atoms with Crippen LogP contribution in [-0.2, 0) is 17.8 Å². The van der Waals surface area contributed by atoms with Crippen LogP contribution in [0, 0.1) is 5.92 Å². The van der Waals surface area contributed by atoms with Crippen LogP contribution in [0.15, 0.2) is 0 Å². The number of aliphatic carboxylic acids is 1. The number of hydrogen-bond acceptors (Lipinski definition) is 4. The van der Waals surface area contributed by atoms with Crippen molar-refractivity contribution in [1.82, 2.24) is 20.2 Å². The Hall–Kier alpha value is -1.46. The van der Waals surface area contributed by atoms with E-state index in [1.54, 1.807) is 0 Å². The molecule has 0 spiro atoms. The maximum atomic E-state index is 10.4. The van der Waals surface area contributed by atoms with E-state index in [-0.39, 0.29) is 6.54 Å². The first-order valence-electron chi connectivity index (χ1n) is 5.72. The van der Waals surface area contributed by atoms with Gasteiger partial charge in [-0.25, -0.2) is 0 Å². The molecule has 6 nitrogen and oxygen atoms in total. The maximum absolute atomic E-state index is 10.4. The normalized spacial score (nSPS) is 16.8. The molecule has 0 aliphatic heterocycles. The fraction of sp³-hybridized carbons (Fsp3) is 0.800. The Labute approximate surface area is 93.6 Å². The van der Waals surface area contributed by atoms with Crippen molar-refractivity contribution < 1.29 is 9.90 Å². The summed E-state index contributed by atoms with van der Waals surface area (Å²) in [4.78, 5) is 11.5. The Morgan fingerprint density at radius 2 is 2.19 bits per heavy atom. The van der Waals surface area contributed by atoms with E-state index in [0.29, 0.717) is 5.82 Å². The molecule has 6 heteroatoms. The topological polar surface area (TPSA) is 80.9 Å². The molecule has 0 bridgehead atoms. The molecular weight excluding hydrogens is 208 g/mol. The Morgan fingerprint density at radius 3 is 2.88 bits per heavy atom. The van der Waals surface area contributed by atoms with Gasteiger partial charge in [0.25, 0.3) is 0 Å². The zero-order valence-corrected chi connectivity index (χ0v) is 9.17. The second-order valence-corrected chi connectivity index (χ2v) is 4.32. The van der Waals surface area contributed by atoms with Crippen LogP contribution < -0.4 is 0 Å². The average molecular weight is 224 g/mol. The second kappa shape index (κ2) is 5.05. The van der Waals surface area contributed by atoms with Gasteiger partial charge in [0, 0.05) is 6.42 Å². The summed E-state index contributed by atoms with van der Waals surface area (Å²) in [6.45, 7) is -0.212. The summed E-state index contributed by atoms with van der Waals surface area (Å²) < 4.78 is 0. The highest BCUT2D eigenvalue weighted by Crippen LogP contribution is 2.28. The fourth-order valence-electron chi connectivity index (χ4n) is 2.20. The number of aromatic nitrogens is 4. The van der Waals surface area contributed by atoms with Crippen LogP contribution in [0.2, 0.25) is 0 Å². The number of nitrogens with zero attached hydrogens (tertiary/aromatic N) is 4. The van der Waals surface area contributed by atoms with E-state index in [1.807, 2.05) is 0 Å². The standard InChI is InChI=1S/C10H16N4O2/c15-10(16)7-14-12-9(11-13-14)6-5-8-3-1-2-4-8/h8H,1-7H2,(H,15,16). The predicted octanol–water partition coefficient (Wildman–Crippen LogP) is 0.880. The van der Waals surface area contributed by atoms with Crippen molar-refractivity contribution in [2.45, 2.75) is 45.1 Å². The lowest BCUT2D eigenvalue weighted by molar-refractivity contribution is -0.138. The van der Waals surface area contributed by atoms with Crippen LogP contribution in [0.3, 0.4) is 0 Å². The summed E-state index contributed by atoms with van der Waals surface area (Å²) in [6, 6.07) is 0. The summed E-state index contributed by atoms with van der Waals surface area (Å²) in [5, 5.41) is 20.1. The lowest BCUT2D eigenvalue weighted by Gasteiger charge is -2.04. The number of carbonyl (C=O) groups is 1. The van der Waals surface area contributed by atoms with Crippen molar-refractivity contribution in [3.8, 4) is 0 Å². The fourth-order valence-corrected chi connectivity index (χ4v) is 2.20. The molecule has 0 radical (unpaired) electrons. The van der Waals surface area contributed by atoms with Gasteiger partial charge >= 0.3 is 5.97 Å². The van der Waals surface area contributed by atoms with Crippen LogP contribution in [0.4, 0.5) is 0 Å². The monoisotopic (exact) mass is 224 g/mol.